The Balaban J connectivity index is 1.73. The number of nitrogens with zero attached hydrogens (tertiary/aromatic N) is 1. The van der Waals surface area contributed by atoms with Crippen LogP contribution in [0.2, 0.25) is 5.02 Å². The number of aromatic carboxylic acids is 1. The molecule has 10 heteroatoms. The van der Waals surface area contributed by atoms with Gasteiger partial charge in [0, 0.05) is 23.6 Å². The Labute approximate surface area is 209 Å². The topological polar surface area (TPSA) is 87.1 Å². The molecular formula is C26H21ClF3NO5. The average Bonchev–Trinajstić information content (AvgIpc) is 2.85. The highest BCUT2D eigenvalue weighted by Gasteiger charge is 2.46. The number of likely N-dealkylation sites (N-methyl/N-ethyl adjacent to an activating group) is 1. The van der Waals surface area contributed by atoms with Gasteiger partial charge in [-0.3, -0.25) is 4.79 Å². The van der Waals surface area contributed by atoms with Crippen LogP contribution in [-0.4, -0.2) is 42.2 Å². The van der Waals surface area contributed by atoms with Crippen LogP contribution in [0, 0.1) is 5.82 Å². The van der Waals surface area contributed by atoms with Crippen molar-refractivity contribution < 1.29 is 37.7 Å². The molecule has 1 heterocycles. The van der Waals surface area contributed by atoms with Gasteiger partial charge in [0.05, 0.1) is 11.3 Å². The summed E-state index contributed by atoms with van der Waals surface area (Å²) in [5.41, 5.74) is -2.23. The molecule has 36 heavy (non-hydrogen) atoms. The number of rotatable bonds is 6. The predicted molar refractivity (Wildman–Crippen MR) is 127 cm³/mol. The zero-order valence-corrected chi connectivity index (χ0v) is 19.9. The monoisotopic (exact) mass is 519 g/mol. The van der Waals surface area contributed by atoms with Crippen molar-refractivity contribution in [3.63, 3.8) is 0 Å². The van der Waals surface area contributed by atoms with Crippen molar-refractivity contribution in [2.45, 2.75) is 24.9 Å². The Kier molecular flexibility index (Phi) is 6.72. The number of hydrogen-bond acceptors (Lipinski definition) is 4. The minimum atomic E-state index is -3.23. The summed E-state index contributed by atoms with van der Waals surface area (Å²) >= 11 is 6.42. The number of carbonyl (C=O) groups excluding carboxylic acids is 1. The summed E-state index contributed by atoms with van der Waals surface area (Å²) in [5.74, 6) is -3.33. The number of anilines is 1. The van der Waals surface area contributed by atoms with Crippen LogP contribution in [0.5, 0.6) is 5.75 Å². The Morgan fingerprint density at radius 2 is 1.86 bits per heavy atom. The number of ether oxygens (including phenoxy) is 1. The number of benzene rings is 3. The molecule has 0 aromatic heterocycles. The fourth-order valence-corrected chi connectivity index (χ4v) is 4.60. The molecule has 1 amide bonds. The first kappa shape index (κ1) is 25.5. The summed E-state index contributed by atoms with van der Waals surface area (Å²) in [7, 11) is 1.48. The van der Waals surface area contributed by atoms with Crippen LogP contribution in [0.1, 0.15) is 34.3 Å². The van der Waals surface area contributed by atoms with E-state index >= 15 is 0 Å². The third kappa shape index (κ3) is 4.29. The van der Waals surface area contributed by atoms with Gasteiger partial charge in [-0.1, -0.05) is 42.8 Å². The summed E-state index contributed by atoms with van der Waals surface area (Å²) in [4.78, 5) is 24.3. The van der Waals surface area contributed by atoms with Gasteiger partial charge in [0.2, 0.25) is 0 Å². The predicted octanol–water partition coefficient (Wildman–Crippen LogP) is 5.46. The first-order valence-corrected chi connectivity index (χ1v) is 11.2. The Morgan fingerprint density at radius 3 is 2.47 bits per heavy atom. The second-order valence-electron chi connectivity index (χ2n) is 8.51. The van der Waals surface area contributed by atoms with Crippen LogP contribution < -0.4 is 9.64 Å². The first-order chi connectivity index (χ1) is 16.9. The van der Waals surface area contributed by atoms with E-state index in [4.69, 9.17) is 21.4 Å². The van der Waals surface area contributed by atoms with Crippen molar-refractivity contribution in [3.05, 3.63) is 82.1 Å². The van der Waals surface area contributed by atoms with E-state index in [0.29, 0.717) is 11.3 Å². The van der Waals surface area contributed by atoms with Crippen LogP contribution in [0.15, 0.2) is 54.6 Å². The number of carboxylic acids is 1. The van der Waals surface area contributed by atoms with Gasteiger partial charge in [0.25, 0.3) is 12.3 Å². The van der Waals surface area contributed by atoms with Crippen molar-refractivity contribution in [2.75, 3.05) is 18.6 Å². The highest BCUT2D eigenvalue weighted by molar-refractivity contribution is 6.31. The van der Waals surface area contributed by atoms with E-state index in [1.165, 1.54) is 67.4 Å². The summed E-state index contributed by atoms with van der Waals surface area (Å²) in [6.07, 6.45) is -3.23. The maximum absolute atomic E-state index is 14.5. The molecule has 2 N–H and O–H groups in total. The molecule has 1 aliphatic rings. The van der Waals surface area contributed by atoms with Crippen molar-refractivity contribution in [2.24, 2.45) is 0 Å². The van der Waals surface area contributed by atoms with E-state index in [1.54, 1.807) is 0 Å². The normalized spacial score (nSPS) is 15.8. The third-order valence-electron chi connectivity index (χ3n) is 6.49. The van der Waals surface area contributed by atoms with Crippen LogP contribution in [0.4, 0.5) is 18.9 Å². The number of alkyl halides is 2. The van der Waals surface area contributed by atoms with Crippen molar-refractivity contribution in [3.8, 4) is 16.9 Å². The molecule has 0 unspecified atom stereocenters. The number of halogens is 4. The first-order valence-electron chi connectivity index (χ1n) is 10.8. The molecule has 2 atom stereocenters. The summed E-state index contributed by atoms with van der Waals surface area (Å²) < 4.78 is 48.7. The molecule has 6 nitrogen and oxygen atoms in total. The maximum atomic E-state index is 14.5. The fraction of sp³-hybridized carbons (Fsp3) is 0.231. The lowest BCUT2D eigenvalue weighted by Crippen LogP contribution is -2.41. The SMILES string of the molecule is C[C@@H](c1ccc(-c2ccc(C(=O)O)cc2F)cc1Cl)[C@](O)(c1ccc2c(c1)N(C)C(=O)CO2)C(F)F. The van der Waals surface area contributed by atoms with Crippen LogP contribution in [0.3, 0.4) is 0 Å². The van der Waals surface area contributed by atoms with E-state index in [2.05, 4.69) is 0 Å². The van der Waals surface area contributed by atoms with Gasteiger partial charge in [-0.25, -0.2) is 18.0 Å². The van der Waals surface area contributed by atoms with Gasteiger partial charge in [0.15, 0.2) is 12.2 Å². The molecule has 188 valence electrons. The number of carboxylic acid groups (broad SMARTS) is 1. The second-order valence-corrected chi connectivity index (χ2v) is 8.91. The fourth-order valence-electron chi connectivity index (χ4n) is 4.25. The number of fused-ring (bicyclic) bond motifs is 1. The van der Waals surface area contributed by atoms with Crippen molar-refractivity contribution in [1.29, 1.82) is 0 Å². The number of hydrogen-bond donors (Lipinski definition) is 2. The van der Waals surface area contributed by atoms with Crippen LogP contribution >= 0.6 is 11.6 Å². The molecule has 0 saturated heterocycles. The van der Waals surface area contributed by atoms with Crippen LogP contribution in [0.25, 0.3) is 11.1 Å². The minimum absolute atomic E-state index is 0.00868. The van der Waals surface area contributed by atoms with E-state index in [-0.39, 0.29) is 45.5 Å². The smallest absolute Gasteiger partial charge is 0.335 e. The molecule has 3 aromatic rings. The quantitative estimate of drug-likeness (QED) is 0.452. The van der Waals surface area contributed by atoms with Gasteiger partial charge >= 0.3 is 5.97 Å². The molecule has 0 spiro atoms. The third-order valence-corrected chi connectivity index (χ3v) is 6.82. The zero-order chi connectivity index (χ0) is 26.4. The molecule has 3 aromatic carbocycles. The number of carbonyl (C=O) groups is 2. The second kappa shape index (κ2) is 9.48. The van der Waals surface area contributed by atoms with Crippen molar-refractivity contribution in [1.82, 2.24) is 0 Å². The van der Waals surface area contributed by atoms with Gasteiger partial charge < -0.3 is 19.8 Å². The van der Waals surface area contributed by atoms with Gasteiger partial charge in [0.1, 0.15) is 11.6 Å². The summed E-state index contributed by atoms with van der Waals surface area (Å²) in [5, 5.41) is 20.3. The number of amides is 1. The Hall–Kier alpha value is -3.56. The lowest BCUT2D eigenvalue weighted by molar-refractivity contribution is -0.121. The van der Waals surface area contributed by atoms with Gasteiger partial charge in [-0.05, 0) is 47.0 Å². The average molecular weight is 520 g/mol. The minimum Gasteiger partial charge on any atom is -0.482 e. The highest BCUT2D eigenvalue weighted by Crippen LogP contribution is 2.46. The Bertz CT molecular complexity index is 1370. The largest absolute Gasteiger partial charge is 0.482 e. The molecule has 0 aliphatic carbocycles. The van der Waals surface area contributed by atoms with E-state index in [0.717, 1.165) is 6.07 Å². The molecule has 4 rings (SSSR count). The van der Waals surface area contributed by atoms with E-state index < -0.39 is 29.7 Å². The van der Waals surface area contributed by atoms with Gasteiger partial charge in [-0.2, -0.15) is 0 Å². The van der Waals surface area contributed by atoms with Crippen LogP contribution in [-0.2, 0) is 10.4 Å². The summed E-state index contributed by atoms with van der Waals surface area (Å²) in [6, 6.07) is 11.7. The molecule has 0 fully saturated rings. The van der Waals surface area contributed by atoms with Gasteiger partial charge in [-0.15, -0.1) is 0 Å². The molecular weight excluding hydrogens is 499 g/mol. The molecule has 0 saturated carbocycles. The molecule has 0 radical (unpaired) electrons. The molecule has 0 bridgehead atoms. The standard InChI is InChI=1S/C26H21ClF3NO5/c1-13(17-6-3-14(9-19(17)27)18-7-4-15(24(33)34)10-20(18)28)26(35,25(29)30)16-5-8-22-21(11-16)31(2)23(32)12-36-22/h3-11,13,25,35H,12H2,1-2H3,(H,33,34)/t13-,26-/m0/s1. The summed E-state index contributed by atoms with van der Waals surface area (Å²) in [6.45, 7) is 1.21. The lowest BCUT2D eigenvalue weighted by Gasteiger charge is -2.36. The lowest BCUT2D eigenvalue weighted by atomic mass is 9.78. The number of aliphatic hydroxyl groups is 1. The van der Waals surface area contributed by atoms with E-state index in [9.17, 15) is 27.9 Å². The maximum Gasteiger partial charge on any atom is 0.335 e. The zero-order valence-electron chi connectivity index (χ0n) is 19.1. The Morgan fingerprint density at radius 1 is 1.14 bits per heavy atom. The van der Waals surface area contributed by atoms with Crippen molar-refractivity contribution >= 4 is 29.2 Å². The molecule has 1 aliphatic heterocycles. The van der Waals surface area contributed by atoms with E-state index in [1.807, 2.05) is 0 Å². The highest BCUT2D eigenvalue weighted by atomic mass is 35.5.